The van der Waals surface area contributed by atoms with Crippen molar-refractivity contribution in [3.8, 4) is 5.75 Å². The Morgan fingerprint density at radius 1 is 1.36 bits per heavy atom. The lowest BCUT2D eigenvalue weighted by molar-refractivity contribution is -0.141. The Hall–Kier alpha value is -3.24. The van der Waals surface area contributed by atoms with Crippen molar-refractivity contribution in [3.63, 3.8) is 0 Å². The number of rotatable bonds is 6. The van der Waals surface area contributed by atoms with Gasteiger partial charge in [0.05, 0.1) is 35.5 Å². The van der Waals surface area contributed by atoms with Gasteiger partial charge in [-0.1, -0.05) is 0 Å². The molecule has 36 heavy (non-hydrogen) atoms. The zero-order valence-corrected chi connectivity index (χ0v) is 21.4. The third-order valence-electron chi connectivity index (χ3n) is 6.88. The van der Waals surface area contributed by atoms with Crippen LogP contribution in [0.3, 0.4) is 0 Å². The number of amides is 1. The quantitative estimate of drug-likeness (QED) is 0.387. The largest absolute Gasteiger partial charge is 0.489 e. The molecule has 4 heterocycles. The molecule has 4 aromatic rings. The number of hydrogen-bond donors (Lipinski definition) is 2. The number of nitrogens with zero attached hydrogens (tertiary/aromatic N) is 4. The Bertz CT molecular complexity index is 1410. The van der Waals surface area contributed by atoms with Crippen LogP contribution in [-0.4, -0.2) is 57.0 Å². The SMILES string of the molecule is CC(C)Oc1cc2[nH]ncc2cc1Nc1ncnc2sc3c(c12)CCC(CC(=O)N1CCCOC1)C3. The molecular formula is C26H30N6O3S. The Kier molecular flexibility index (Phi) is 6.22. The second kappa shape index (κ2) is 9.67. The van der Waals surface area contributed by atoms with E-state index in [4.69, 9.17) is 9.47 Å². The number of carbonyl (C=O) groups is 1. The van der Waals surface area contributed by atoms with Gasteiger partial charge in [-0.05, 0) is 57.1 Å². The fraction of sp³-hybridized carbons (Fsp3) is 0.462. The van der Waals surface area contributed by atoms with E-state index >= 15 is 0 Å². The van der Waals surface area contributed by atoms with E-state index in [1.165, 1.54) is 10.4 Å². The van der Waals surface area contributed by atoms with E-state index in [2.05, 4.69) is 25.5 Å². The third kappa shape index (κ3) is 4.51. The number of hydrogen-bond acceptors (Lipinski definition) is 8. The molecule has 10 heteroatoms. The van der Waals surface area contributed by atoms with Crippen molar-refractivity contribution in [1.29, 1.82) is 0 Å². The van der Waals surface area contributed by atoms with Crippen LogP contribution in [0.5, 0.6) is 5.75 Å². The van der Waals surface area contributed by atoms with Gasteiger partial charge in [-0.3, -0.25) is 9.89 Å². The molecular weight excluding hydrogens is 476 g/mol. The number of benzene rings is 1. The van der Waals surface area contributed by atoms with E-state index in [-0.39, 0.29) is 12.0 Å². The second-order valence-corrected chi connectivity index (χ2v) is 10.9. The molecule has 2 N–H and O–H groups in total. The van der Waals surface area contributed by atoms with Gasteiger partial charge in [0.25, 0.3) is 0 Å². The molecule has 1 amide bonds. The summed E-state index contributed by atoms with van der Waals surface area (Å²) in [6, 6.07) is 4.01. The molecule has 0 spiro atoms. The standard InChI is InChI=1S/C26H30N6O3S/c1-15(2)35-21-11-19-17(12-29-31-19)10-20(21)30-25-24-18-5-4-16(8-22(18)36-26(24)28-13-27-25)9-23(33)32-6-3-7-34-14-32/h10-13,15-16H,3-9,14H2,1-2H3,(H,29,31)(H,27,28,30). The summed E-state index contributed by atoms with van der Waals surface area (Å²) in [6.07, 6.45) is 7.75. The summed E-state index contributed by atoms with van der Waals surface area (Å²) < 4.78 is 11.6. The first kappa shape index (κ1) is 23.2. The van der Waals surface area contributed by atoms with E-state index in [9.17, 15) is 4.79 Å². The molecule has 0 saturated carbocycles. The summed E-state index contributed by atoms with van der Waals surface area (Å²) in [5.74, 6) is 2.09. The van der Waals surface area contributed by atoms with Crippen molar-refractivity contribution in [3.05, 3.63) is 35.1 Å². The number of nitrogens with one attached hydrogen (secondary N) is 2. The summed E-state index contributed by atoms with van der Waals surface area (Å²) in [6.45, 7) is 6.00. The third-order valence-corrected chi connectivity index (χ3v) is 8.05. The molecule has 3 aromatic heterocycles. The van der Waals surface area contributed by atoms with E-state index in [1.807, 2.05) is 30.9 Å². The van der Waals surface area contributed by atoms with Crippen LogP contribution in [0.15, 0.2) is 24.7 Å². The fourth-order valence-electron chi connectivity index (χ4n) is 5.17. The molecule has 1 atom stereocenters. The Balaban J connectivity index is 1.27. The van der Waals surface area contributed by atoms with Crippen molar-refractivity contribution in [2.24, 2.45) is 5.92 Å². The van der Waals surface area contributed by atoms with E-state index in [0.717, 1.165) is 77.2 Å². The smallest absolute Gasteiger partial charge is 0.224 e. The van der Waals surface area contributed by atoms with Crippen molar-refractivity contribution in [1.82, 2.24) is 25.1 Å². The molecule has 0 radical (unpaired) electrons. The molecule has 0 bridgehead atoms. The number of thiophene rings is 1. The summed E-state index contributed by atoms with van der Waals surface area (Å²) in [5, 5.41) is 12.8. The van der Waals surface area contributed by atoms with Crippen LogP contribution in [0.1, 0.15) is 43.6 Å². The molecule has 1 aromatic carbocycles. The highest BCUT2D eigenvalue weighted by atomic mass is 32.1. The van der Waals surface area contributed by atoms with Crippen molar-refractivity contribution >= 4 is 49.9 Å². The highest BCUT2D eigenvalue weighted by molar-refractivity contribution is 7.19. The molecule has 1 unspecified atom stereocenters. The predicted molar refractivity (Wildman–Crippen MR) is 140 cm³/mol. The maximum atomic E-state index is 12.8. The van der Waals surface area contributed by atoms with Gasteiger partial charge in [-0.15, -0.1) is 11.3 Å². The molecule has 1 aliphatic heterocycles. The number of carbonyl (C=O) groups excluding carboxylic acids is 1. The van der Waals surface area contributed by atoms with E-state index < -0.39 is 0 Å². The predicted octanol–water partition coefficient (Wildman–Crippen LogP) is 4.80. The number of aryl methyl sites for hydroxylation is 1. The van der Waals surface area contributed by atoms with Gasteiger partial charge in [-0.25, -0.2) is 9.97 Å². The first-order chi connectivity index (χ1) is 17.5. The topological polar surface area (TPSA) is 105 Å². The molecule has 188 valence electrons. The number of aromatic amines is 1. The van der Waals surface area contributed by atoms with Gasteiger partial charge >= 0.3 is 0 Å². The second-order valence-electron chi connectivity index (χ2n) is 9.86. The van der Waals surface area contributed by atoms with Crippen LogP contribution in [0.2, 0.25) is 0 Å². The summed E-state index contributed by atoms with van der Waals surface area (Å²) in [7, 11) is 0. The highest BCUT2D eigenvalue weighted by Crippen LogP contribution is 2.42. The minimum atomic E-state index is 0.0291. The molecule has 6 rings (SSSR count). The van der Waals surface area contributed by atoms with Gasteiger partial charge in [0.2, 0.25) is 5.91 Å². The van der Waals surface area contributed by atoms with E-state index in [0.29, 0.717) is 19.1 Å². The average molecular weight is 507 g/mol. The monoisotopic (exact) mass is 506 g/mol. The Labute approximate surface area is 213 Å². The number of ether oxygens (including phenoxy) is 2. The maximum absolute atomic E-state index is 12.8. The summed E-state index contributed by atoms with van der Waals surface area (Å²) in [4.78, 5) is 26.2. The van der Waals surface area contributed by atoms with Crippen LogP contribution in [0.4, 0.5) is 11.5 Å². The van der Waals surface area contributed by atoms with Crippen LogP contribution < -0.4 is 10.1 Å². The lowest BCUT2D eigenvalue weighted by Crippen LogP contribution is -2.39. The minimum Gasteiger partial charge on any atom is -0.489 e. The minimum absolute atomic E-state index is 0.0291. The lowest BCUT2D eigenvalue weighted by Gasteiger charge is -2.29. The first-order valence-electron chi connectivity index (χ1n) is 12.6. The van der Waals surface area contributed by atoms with Gasteiger partial charge < -0.3 is 19.7 Å². The summed E-state index contributed by atoms with van der Waals surface area (Å²) in [5.41, 5.74) is 3.08. The number of anilines is 2. The zero-order valence-electron chi connectivity index (χ0n) is 20.5. The number of H-pyrrole nitrogens is 1. The zero-order chi connectivity index (χ0) is 24.6. The molecule has 9 nitrogen and oxygen atoms in total. The van der Waals surface area contributed by atoms with Crippen molar-refractivity contribution in [2.75, 3.05) is 25.2 Å². The number of aromatic nitrogens is 4. The molecule has 1 aliphatic carbocycles. The first-order valence-corrected chi connectivity index (χ1v) is 13.4. The van der Waals surface area contributed by atoms with Crippen molar-refractivity contribution in [2.45, 2.75) is 52.1 Å². The Morgan fingerprint density at radius 2 is 2.28 bits per heavy atom. The van der Waals surface area contributed by atoms with Crippen LogP contribution in [-0.2, 0) is 22.4 Å². The summed E-state index contributed by atoms with van der Waals surface area (Å²) >= 11 is 1.72. The lowest BCUT2D eigenvalue weighted by atomic mass is 9.85. The van der Waals surface area contributed by atoms with Crippen LogP contribution in [0, 0.1) is 5.92 Å². The molecule has 1 saturated heterocycles. The molecule has 2 aliphatic rings. The Morgan fingerprint density at radius 3 is 3.11 bits per heavy atom. The normalized spacial score (nSPS) is 18.1. The van der Waals surface area contributed by atoms with Crippen molar-refractivity contribution < 1.29 is 14.3 Å². The highest BCUT2D eigenvalue weighted by Gasteiger charge is 2.28. The van der Waals surface area contributed by atoms with Crippen LogP contribution >= 0.6 is 11.3 Å². The average Bonchev–Trinajstić information content (AvgIpc) is 3.48. The van der Waals surface area contributed by atoms with E-state index in [1.54, 1.807) is 23.9 Å². The number of fused-ring (bicyclic) bond motifs is 4. The van der Waals surface area contributed by atoms with Gasteiger partial charge in [0, 0.05) is 29.3 Å². The van der Waals surface area contributed by atoms with Gasteiger partial charge in [-0.2, -0.15) is 5.10 Å². The maximum Gasteiger partial charge on any atom is 0.224 e. The van der Waals surface area contributed by atoms with Crippen LogP contribution in [0.25, 0.3) is 21.1 Å². The van der Waals surface area contributed by atoms with Gasteiger partial charge in [0.1, 0.15) is 29.5 Å². The fourth-order valence-corrected chi connectivity index (χ4v) is 6.47. The van der Waals surface area contributed by atoms with Gasteiger partial charge in [0.15, 0.2) is 0 Å². The molecule has 1 fully saturated rings.